The van der Waals surface area contributed by atoms with Gasteiger partial charge in [-0.2, -0.15) is 0 Å². The van der Waals surface area contributed by atoms with Crippen LogP contribution in [0.4, 0.5) is 17.1 Å². The molecule has 0 unspecified atom stereocenters. The first-order chi connectivity index (χ1) is 37.2. The minimum Gasteiger partial charge on any atom is -0.311 e. The van der Waals surface area contributed by atoms with E-state index < -0.39 is 0 Å². The zero-order valence-corrected chi connectivity index (χ0v) is 41.2. The molecule has 75 heavy (non-hydrogen) atoms. The van der Waals surface area contributed by atoms with E-state index in [1.54, 1.807) is 0 Å². The van der Waals surface area contributed by atoms with Crippen molar-refractivity contribution in [3.8, 4) is 44.5 Å². The Bertz CT molecular complexity index is 4440. The van der Waals surface area contributed by atoms with Crippen molar-refractivity contribution < 1.29 is 0 Å². The monoisotopic (exact) mass is 951 g/mol. The van der Waals surface area contributed by atoms with Gasteiger partial charge in [-0.05, 0) is 175 Å². The molecule has 0 fully saturated rings. The van der Waals surface area contributed by atoms with Crippen LogP contribution in [0.2, 0.25) is 0 Å². The summed E-state index contributed by atoms with van der Waals surface area (Å²) in [4.78, 5) is 2.34. The van der Waals surface area contributed by atoms with Crippen LogP contribution in [-0.2, 0) is 0 Å². The van der Waals surface area contributed by atoms with Crippen molar-refractivity contribution >= 4 is 93.8 Å². The molecule has 0 heterocycles. The second kappa shape index (κ2) is 18.7. The molecule has 0 aliphatic rings. The van der Waals surface area contributed by atoms with Crippen LogP contribution in [0.15, 0.2) is 285 Å². The third-order valence-electron chi connectivity index (χ3n) is 15.2. The van der Waals surface area contributed by atoms with Crippen LogP contribution >= 0.6 is 0 Å². The van der Waals surface area contributed by atoms with Gasteiger partial charge < -0.3 is 4.90 Å². The van der Waals surface area contributed by atoms with Gasteiger partial charge in [0.15, 0.2) is 0 Å². The molecule has 0 atom stereocenters. The van der Waals surface area contributed by atoms with E-state index in [4.69, 9.17) is 0 Å². The van der Waals surface area contributed by atoms with E-state index >= 15 is 0 Å². The molecule has 0 bridgehead atoms. The van der Waals surface area contributed by atoms with E-state index in [1.807, 2.05) is 0 Å². The number of fused-ring (bicyclic) bond motifs is 6. The molecule has 0 aromatic heterocycles. The van der Waals surface area contributed by atoms with Gasteiger partial charge in [0, 0.05) is 17.1 Å². The van der Waals surface area contributed by atoms with E-state index in [1.165, 1.54) is 115 Å². The smallest absolute Gasteiger partial charge is 0.0462 e. The summed E-state index contributed by atoms with van der Waals surface area (Å²) in [7, 11) is 0. The van der Waals surface area contributed by atoms with Crippen molar-refractivity contribution in [1.82, 2.24) is 0 Å². The Labute approximate surface area is 437 Å². The molecule has 0 saturated carbocycles. The minimum absolute atomic E-state index is 1.09. The summed E-state index contributed by atoms with van der Waals surface area (Å²) in [6.07, 6.45) is 4.34. The quantitative estimate of drug-likeness (QED) is 0.103. The first-order valence-electron chi connectivity index (χ1n) is 25.9. The molecule has 0 N–H and O–H groups in total. The highest BCUT2D eigenvalue weighted by Crippen LogP contribution is 2.49. The zero-order valence-electron chi connectivity index (χ0n) is 41.2. The van der Waals surface area contributed by atoms with E-state index in [-0.39, 0.29) is 0 Å². The average molecular weight is 952 g/mol. The molecule has 14 aromatic carbocycles. The normalized spacial score (nSPS) is 11.7. The first kappa shape index (κ1) is 43.9. The Morgan fingerprint density at radius 2 is 0.520 bits per heavy atom. The Morgan fingerprint density at radius 3 is 1.01 bits per heavy atom. The van der Waals surface area contributed by atoms with Crippen LogP contribution in [0.25, 0.3) is 121 Å². The second-order valence-corrected chi connectivity index (χ2v) is 19.6. The van der Waals surface area contributed by atoms with Crippen LogP contribution in [0.5, 0.6) is 0 Å². The molecule has 0 aliphatic carbocycles. The van der Waals surface area contributed by atoms with Gasteiger partial charge in [-0.1, -0.05) is 243 Å². The fourth-order valence-electron chi connectivity index (χ4n) is 11.7. The molecule has 14 aromatic rings. The molecule has 0 radical (unpaired) electrons. The Hall–Kier alpha value is -9.82. The zero-order chi connectivity index (χ0) is 49.7. The van der Waals surface area contributed by atoms with Gasteiger partial charge >= 0.3 is 0 Å². The van der Waals surface area contributed by atoms with Crippen molar-refractivity contribution in [2.45, 2.75) is 0 Å². The predicted octanol–water partition coefficient (Wildman–Crippen LogP) is 20.9. The van der Waals surface area contributed by atoms with Crippen LogP contribution in [0.1, 0.15) is 11.1 Å². The summed E-state index contributed by atoms with van der Waals surface area (Å²) in [6, 6.07) is 105. The molecule has 0 saturated heterocycles. The summed E-state index contributed by atoms with van der Waals surface area (Å²) in [6.45, 7) is 0. The number of nitrogens with zero attached hydrogens (tertiary/aromatic N) is 1. The second-order valence-electron chi connectivity index (χ2n) is 19.6. The lowest BCUT2D eigenvalue weighted by Gasteiger charge is -2.26. The third-order valence-corrected chi connectivity index (χ3v) is 15.2. The van der Waals surface area contributed by atoms with Gasteiger partial charge in [-0.3, -0.25) is 0 Å². The van der Waals surface area contributed by atoms with Gasteiger partial charge in [-0.25, -0.2) is 0 Å². The first-order valence-corrected chi connectivity index (χ1v) is 25.9. The molecule has 0 aliphatic heterocycles. The number of para-hydroxylation sites is 1. The Kier molecular flexibility index (Phi) is 10.9. The molecule has 0 spiro atoms. The average Bonchev–Trinajstić information content (AvgIpc) is 3.49. The minimum atomic E-state index is 1.09. The van der Waals surface area contributed by atoms with E-state index in [0.717, 1.165) is 22.6 Å². The van der Waals surface area contributed by atoms with E-state index in [2.05, 4.69) is 302 Å². The van der Waals surface area contributed by atoms with E-state index in [0.29, 0.717) is 0 Å². The fraction of sp³-hybridized carbons (Fsp3) is 0. The van der Waals surface area contributed by atoms with Crippen molar-refractivity contribution in [2.75, 3.05) is 4.90 Å². The highest BCUT2D eigenvalue weighted by molar-refractivity contribution is 6.25. The molecule has 1 nitrogen and oxygen atoms in total. The van der Waals surface area contributed by atoms with Gasteiger partial charge in [0.25, 0.3) is 0 Å². The highest BCUT2D eigenvalue weighted by atomic mass is 15.1. The van der Waals surface area contributed by atoms with Crippen molar-refractivity contribution in [1.29, 1.82) is 0 Å². The Balaban J connectivity index is 0.937. The van der Waals surface area contributed by atoms with Gasteiger partial charge in [0.1, 0.15) is 0 Å². The summed E-state index contributed by atoms with van der Waals surface area (Å²) in [5, 5.41) is 14.8. The lowest BCUT2D eigenvalue weighted by molar-refractivity contribution is 1.28. The van der Waals surface area contributed by atoms with Crippen LogP contribution < -0.4 is 4.90 Å². The topological polar surface area (TPSA) is 3.24 Å². The standard InChI is InChI=1S/C74H49N/c1-3-17-50(18-4-1)31-32-51-33-42-61(43-34-51)75(60-23-5-2-6-24-60)62-44-39-54(40-45-62)71-63-25-11-13-27-65(63)73(66-28-14-12-26-64(66)71)59-41-46-69-70(49-59)74(58-38-36-53-20-8-10-22-56(53)48-58)68-30-16-15-29-67(68)72(69)57-37-35-52-19-7-9-21-55(52)47-57/h1-49H. The lowest BCUT2D eigenvalue weighted by atomic mass is 9.82. The number of anilines is 3. The maximum atomic E-state index is 2.49. The maximum absolute atomic E-state index is 2.49. The number of hydrogen-bond acceptors (Lipinski definition) is 1. The van der Waals surface area contributed by atoms with Gasteiger partial charge in [0.2, 0.25) is 0 Å². The van der Waals surface area contributed by atoms with Crippen molar-refractivity contribution in [3.05, 3.63) is 296 Å². The van der Waals surface area contributed by atoms with Crippen LogP contribution in [0.3, 0.4) is 0 Å². The SMILES string of the molecule is C(=Cc1ccc(N(c2ccccc2)c2ccc(-c3c4ccccc4c(-c4ccc5c(-c6ccc7ccccc7c6)c6ccccc6c(-c6ccc7ccccc7c6)c5c4)c4ccccc34)cc2)cc1)c1ccccc1. The lowest BCUT2D eigenvalue weighted by Crippen LogP contribution is -2.09. The molecular weight excluding hydrogens is 903 g/mol. The number of rotatable bonds is 9. The third kappa shape index (κ3) is 7.90. The predicted molar refractivity (Wildman–Crippen MR) is 323 cm³/mol. The highest BCUT2D eigenvalue weighted by Gasteiger charge is 2.22. The summed E-state index contributed by atoms with van der Waals surface area (Å²) >= 11 is 0. The van der Waals surface area contributed by atoms with E-state index in [9.17, 15) is 0 Å². The largest absolute Gasteiger partial charge is 0.311 e. The van der Waals surface area contributed by atoms with Crippen LogP contribution in [-0.4, -0.2) is 0 Å². The summed E-state index contributed by atoms with van der Waals surface area (Å²) in [5.41, 5.74) is 15.4. The van der Waals surface area contributed by atoms with Gasteiger partial charge in [0.05, 0.1) is 0 Å². The van der Waals surface area contributed by atoms with Crippen LogP contribution in [0, 0.1) is 0 Å². The maximum Gasteiger partial charge on any atom is 0.0462 e. The molecule has 1 heteroatoms. The molecule has 350 valence electrons. The summed E-state index contributed by atoms with van der Waals surface area (Å²) in [5.74, 6) is 0. The Morgan fingerprint density at radius 1 is 0.200 bits per heavy atom. The summed E-state index contributed by atoms with van der Waals surface area (Å²) < 4.78 is 0. The number of hydrogen-bond donors (Lipinski definition) is 0. The van der Waals surface area contributed by atoms with Crippen molar-refractivity contribution in [3.63, 3.8) is 0 Å². The fourth-order valence-corrected chi connectivity index (χ4v) is 11.7. The molecule has 0 amide bonds. The molecular formula is C74H49N. The molecule has 14 rings (SSSR count). The number of benzene rings is 14. The van der Waals surface area contributed by atoms with Crippen molar-refractivity contribution in [2.24, 2.45) is 0 Å². The van der Waals surface area contributed by atoms with Gasteiger partial charge in [-0.15, -0.1) is 0 Å².